The monoisotopic (exact) mass is 471 g/mol. The highest BCUT2D eigenvalue weighted by molar-refractivity contribution is 6.06. The van der Waals surface area contributed by atoms with Gasteiger partial charge in [0.05, 0.1) is 11.4 Å². The van der Waals surface area contributed by atoms with Crippen molar-refractivity contribution in [1.29, 1.82) is 0 Å². The minimum absolute atomic E-state index is 0.214. The van der Waals surface area contributed by atoms with E-state index in [0.717, 1.165) is 41.9 Å². The van der Waals surface area contributed by atoms with Gasteiger partial charge in [-0.15, -0.1) is 0 Å². The number of rotatable bonds is 9. The van der Waals surface area contributed by atoms with Gasteiger partial charge >= 0.3 is 0 Å². The van der Waals surface area contributed by atoms with Crippen molar-refractivity contribution in [2.45, 2.75) is 26.2 Å². The van der Waals surface area contributed by atoms with Crippen LogP contribution in [0.4, 0.5) is 11.4 Å². The average molecular weight is 472 g/mol. The van der Waals surface area contributed by atoms with E-state index in [1.165, 1.54) is 19.3 Å². The van der Waals surface area contributed by atoms with E-state index in [1.54, 1.807) is 18.2 Å². The van der Waals surface area contributed by atoms with Crippen LogP contribution < -0.4 is 15.8 Å². The highest BCUT2D eigenvalue weighted by Crippen LogP contribution is 2.28. The molecule has 1 saturated heterocycles. The van der Waals surface area contributed by atoms with Crippen molar-refractivity contribution >= 4 is 33.8 Å². The molecule has 0 atom stereocenters. The Balaban J connectivity index is 1.44. The molecule has 1 amide bonds. The first kappa shape index (κ1) is 24.4. The number of piperidine rings is 1. The molecule has 0 radical (unpaired) electrons. The Labute approximate surface area is 206 Å². The second-order valence-corrected chi connectivity index (χ2v) is 8.67. The summed E-state index contributed by atoms with van der Waals surface area (Å²) in [5.74, 6) is 0.585. The first-order chi connectivity index (χ1) is 17.1. The number of ether oxygens (including phenoxy) is 1. The Kier molecular flexibility index (Phi) is 8.06. The third kappa shape index (κ3) is 6.22. The molecular formula is C29H33N3O3. The molecule has 0 aliphatic carbocycles. The number of nitrogens with zero attached hydrogens (tertiary/aromatic N) is 1. The molecule has 1 aliphatic rings. The van der Waals surface area contributed by atoms with E-state index in [-0.39, 0.29) is 11.7 Å². The van der Waals surface area contributed by atoms with Gasteiger partial charge < -0.3 is 20.2 Å². The lowest BCUT2D eigenvalue weighted by Gasteiger charge is -2.26. The molecule has 1 fully saturated rings. The molecule has 3 N–H and O–H groups in total. The lowest BCUT2D eigenvalue weighted by Crippen LogP contribution is -2.33. The predicted molar refractivity (Wildman–Crippen MR) is 144 cm³/mol. The molecular weight excluding hydrogens is 438 g/mol. The molecule has 1 aliphatic heterocycles. The number of nitrogens with two attached hydrogens (primary N) is 1. The predicted octanol–water partition coefficient (Wildman–Crippen LogP) is 6.28. The molecule has 35 heavy (non-hydrogen) atoms. The fourth-order valence-electron chi connectivity index (χ4n) is 4.27. The Bertz CT molecular complexity index is 1250. The van der Waals surface area contributed by atoms with Crippen LogP contribution in [0.1, 0.15) is 42.3 Å². The maximum Gasteiger partial charge on any atom is 0.291 e. The van der Waals surface area contributed by atoms with Crippen LogP contribution in [0.25, 0.3) is 16.5 Å². The van der Waals surface area contributed by atoms with Crippen LogP contribution in [0, 0.1) is 0 Å². The van der Waals surface area contributed by atoms with E-state index in [0.29, 0.717) is 23.6 Å². The fourth-order valence-corrected chi connectivity index (χ4v) is 4.27. The second-order valence-electron chi connectivity index (χ2n) is 8.67. The number of hydrogen-bond acceptors (Lipinski definition) is 5. The van der Waals surface area contributed by atoms with E-state index < -0.39 is 0 Å². The lowest BCUT2D eigenvalue weighted by molar-refractivity contribution is 0.0998. The van der Waals surface area contributed by atoms with Gasteiger partial charge in [0.25, 0.3) is 5.91 Å². The number of hydrogen-bond donors (Lipinski definition) is 2. The van der Waals surface area contributed by atoms with E-state index in [4.69, 9.17) is 14.9 Å². The zero-order valence-electron chi connectivity index (χ0n) is 20.3. The molecule has 0 unspecified atom stereocenters. The van der Waals surface area contributed by atoms with Crippen molar-refractivity contribution in [2.24, 2.45) is 0 Å². The summed E-state index contributed by atoms with van der Waals surface area (Å²) < 4.78 is 11.8. The van der Waals surface area contributed by atoms with Crippen LogP contribution in [0.5, 0.6) is 5.75 Å². The molecule has 2 aromatic carbocycles. The van der Waals surface area contributed by atoms with Gasteiger partial charge in [0.1, 0.15) is 17.9 Å². The van der Waals surface area contributed by atoms with Crippen molar-refractivity contribution < 1.29 is 13.9 Å². The Morgan fingerprint density at radius 2 is 2.00 bits per heavy atom. The molecule has 0 bridgehead atoms. The molecule has 182 valence electrons. The van der Waals surface area contributed by atoms with Crippen LogP contribution in [-0.2, 0) is 0 Å². The summed E-state index contributed by atoms with van der Waals surface area (Å²) in [7, 11) is 0. The van der Waals surface area contributed by atoms with Gasteiger partial charge in [-0.05, 0) is 74.3 Å². The van der Waals surface area contributed by atoms with Gasteiger partial charge in [-0.25, -0.2) is 0 Å². The van der Waals surface area contributed by atoms with Crippen LogP contribution >= 0.6 is 0 Å². The van der Waals surface area contributed by atoms with Gasteiger partial charge in [0.15, 0.2) is 5.76 Å². The molecule has 4 rings (SSSR count). The summed E-state index contributed by atoms with van der Waals surface area (Å²) >= 11 is 0. The number of carbonyl (C=O) groups excluding carboxylic acids is 1. The highest BCUT2D eigenvalue weighted by atomic mass is 16.5. The molecule has 2 heterocycles. The topological polar surface area (TPSA) is 80.7 Å². The van der Waals surface area contributed by atoms with Gasteiger partial charge in [0, 0.05) is 18.0 Å². The Hall–Kier alpha value is -3.77. The zero-order valence-corrected chi connectivity index (χ0v) is 20.3. The van der Waals surface area contributed by atoms with E-state index in [2.05, 4.69) is 16.8 Å². The number of allylic oxidation sites excluding steroid dienone is 5. The molecule has 6 heteroatoms. The van der Waals surface area contributed by atoms with Crippen LogP contribution in [0.2, 0.25) is 0 Å². The molecule has 6 nitrogen and oxygen atoms in total. The lowest BCUT2D eigenvalue weighted by atomic mass is 10.0. The van der Waals surface area contributed by atoms with E-state index in [9.17, 15) is 4.79 Å². The van der Waals surface area contributed by atoms with Crippen molar-refractivity contribution in [3.8, 4) is 5.75 Å². The van der Waals surface area contributed by atoms with Crippen molar-refractivity contribution in [3.63, 3.8) is 0 Å². The number of likely N-dealkylation sites (tertiary alicyclic amines) is 1. The summed E-state index contributed by atoms with van der Waals surface area (Å²) in [5.41, 5.74) is 9.63. The highest BCUT2D eigenvalue weighted by Gasteiger charge is 2.15. The van der Waals surface area contributed by atoms with E-state index >= 15 is 0 Å². The van der Waals surface area contributed by atoms with Crippen molar-refractivity contribution in [2.75, 3.05) is 37.3 Å². The number of nitrogens with one attached hydrogen (secondary N) is 1. The summed E-state index contributed by atoms with van der Waals surface area (Å²) in [6.07, 6.45) is 11.4. The normalized spacial score (nSPS) is 14.9. The summed E-state index contributed by atoms with van der Waals surface area (Å²) in [6, 6.07) is 12.9. The number of amides is 1. The number of nitrogen functional groups attached to an aromatic ring is 1. The Morgan fingerprint density at radius 1 is 1.17 bits per heavy atom. The first-order valence-corrected chi connectivity index (χ1v) is 12.1. The molecule has 1 aromatic heterocycles. The number of furan rings is 1. The maximum absolute atomic E-state index is 13.0. The molecule has 0 saturated carbocycles. The quantitative estimate of drug-likeness (QED) is 0.284. The third-order valence-corrected chi connectivity index (χ3v) is 6.12. The third-order valence-electron chi connectivity index (χ3n) is 6.12. The van der Waals surface area contributed by atoms with Crippen LogP contribution in [-0.4, -0.2) is 37.0 Å². The average Bonchev–Trinajstić information content (AvgIpc) is 3.30. The minimum Gasteiger partial charge on any atom is -0.492 e. The summed E-state index contributed by atoms with van der Waals surface area (Å²) in [5, 5.41) is 3.72. The van der Waals surface area contributed by atoms with Gasteiger partial charge in [-0.1, -0.05) is 43.4 Å². The minimum atomic E-state index is -0.363. The van der Waals surface area contributed by atoms with Crippen LogP contribution in [0.15, 0.2) is 77.8 Å². The number of carbonyl (C=O) groups is 1. The summed E-state index contributed by atoms with van der Waals surface area (Å²) in [6.45, 7) is 9.56. The first-order valence-electron chi connectivity index (χ1n) is 12.1. The standard InChI is InChI=1S/C29H33N3O3/c1-3-8-21(9-4-2)22-11-13-25(30)26(18-22)31-29(33)28-19-23-10-12-24(20-27(23)35-28)34-17-16-32-14-6-5-7-15-32/h3-4,8-13,18-20H,1,5-7,14-17,30H2,2H3,(H,31,33)/b9-4-,21-8+. The van der Waals surface area contributed by atoms with Crippen molar-refractivity contribution in [3.05, 3.63) is 84.7 Å². The van der Waals surface area contributed by atoms with Gasteiger partial charge in [0.2, 0.25) is 0 Å². The largest absolute Gasteiger partial charge is 0.492 e. The van der Waals surface area contributed by atoms with Crippen molar-refractivity contribution in [1.82, 2.24) is 4.90 Å². The number of anilines is 2. The number of fused-ring (bicyclic) bond motifs is 1. The number of benzene rings is 2. The smallest absolute Gasteiger partial charge is 0.291 e. The fraction of sp³-hybridized carbons (Fsp3) is 0.276. The van der Waals surface area contributed by atoms with Gasteiger partial charge in [-0.2, -0.15) is 0 Å². The SMILES string of the molecule is C=C/C=C(\C=C/C)c1ccc(N)c(NC(=O)c2cc3ccc(OCCN4CCCCC4)cc3o2)c1. The van der Waals surface area contributed by atoms with Crippen LogP contribution in [0.3, 0.4) is 0 Å². The second kappa shape index (κ2) is 11.6. The molecule has 3 aromatic rings. The Morgan fingerprint density at radius 3 is 2.77 bits per heavy atom. The maximum atomic E-state index is 13.0. The van der Waals surface area contributed by atoms with E-state index in [1.807, 2.05) is 55.5 Å². The van der Waals surface area contributed by atoms with Gasteiger partial charge in [-0.3, -0.25) is 9.69 Å². The summed E-state index contributed by atoms with van der Waals surface area (Å²) in [4.78, 5) is 15.4. The molecule has 0 spiro atoms. The zero-order chi connectivity index (χ0) is 24.6.